The van der Waals surface area contributed by atoms with Crippen molar-refractivity contribution < 1.29 is 28.6 Å². The minimum atomic E-state index is -0.788. The molecule has 0 aliphatic heterocycles. The summed E-state index contributed by atoms with van der Waals surface area (Å²) in [5.74, 6) is -0.890. The third-order valence-electron chi connectivity index (χ3n) is 14.9. The van der Waals surface area contributed by atoms with Crippen molar-refractivity contribution in [3.8, 4) is 0 Å². The van der Waals surface area contributed by atoms with E-state index in [2.05, 4.69) is 106 Å². The molecule has 6 heteroatoms. The molecule has 0 heterocycles. The third kappa shape index (κ3) is 65.3. The van der Waals surface area contributed by atoms with Crippen molar-refractivity contribution in [1.29, 1.82) is 0 Å². The second-order valence-electron chi connectivity index (χ2n) is 22.7. The molecule has 0 spiro atoms. The lowest BCUT2D eigenvalue weighted by molar-refractivity contribution is -0.167. The fourth-order valence-electron chi connectivity index (χ4n) is 9.76. The van der Waals surface area contributed by atoms with Crippen LogP contribution in [-0.2, 0) is 28.6 Å². The van der Waals surface area contributed by atoms with Crippen LogP contribution in [0.15, 0.2) is 85.1 Å². The van der Waals surface area contributed by atoms with E-state index in [-0.39, 0.29) is 31.1 Å². The number of carbonyl (C=O) groups is 3. The minimum Gasteiger partial charge on any atom is -0.462 e. The molecule has 1 atom stereocenters. The molecule has 0 aromatic carbocycles. The van der Waals surface area contributed by atoms with Crippen molar-refractivity contribution in [2.45, 2.75) is 348 Å². The number of rotatable bonds is 62. The molecule has 0 aromatic heterocycles. The van der Waals surface area contributed by atoms with Gasteiger partial charge in [-0.3, -0.25) is 14.4 Å². The summed E-state index contributed by atoms with van der Waals surface area (Å²) >= 11 is 0. The first kappa shape index (κ1) is 75.6. The van der Waals surface area contributed by atoms with Gasteiger partial charge in [0, 0.05) is 19.3 Å². The zero-order valence-corrected chi connectivity index (χ0v) is 52.4. The first-order chi connectivity index (χ1) is 39.0. The molecule has 0 N–H and O–H groups in total. The fraction of sp³-hybridized carbons (Fsp3) is 0.767. The van der Waals surface area contributed by atoms with E-state index in [1.165, 1.54) is 193 Å². The Kier molecular flexibility index (Phi) is 64.2. The lowest BCUT2D eigenvalue weighted by Crippen LogP contribution is -2.30. The average molecular weight is 1100 g/mol. The highest BCUT2D eigenvalue weighted by Gasteiger charge is 2.19. The summed E-state index contributed by atoms with van der Waals surface area (Å²) in [6, 6.07) is 0. The summed E-state index contributed by atoms with van der Waals surface area (Å²) in [5, 5.41) is 0. The number of ether oxygens (including phenoxy) is 3. The molecule has 0 aliphatic rings. The molecule has 0 saturated heterocycles. The van der Waals surface area contributed by atoms with Crippen LogP contribution in [0.1, 0.15) is 342 Å². The molecular weight excluding hydrogens is 973 g/mol. The molecule has 0 rings (SSSR count). The first-order valence-corrected chi connectivity index (χ1v) is 34.1. The Morgan fingerprint density at radius 1 is 0.266 bits per heavy atom. The van der Waals surface area contributed by atoms with Crippen molar-refractivity contribution in [3.63, 3.8) is 0 Å². The van der Waals surface area contributed by atoms with Gasteiger partial charge in [0.25, 0.3) is 0 Å². The summed E-state index contributed by atoms with van der Waals surface area (Å²) in [4.78, 5) is 38.4. The Bertz CT molecular complexity index is 1500. The summed E-state index contributed by atoms with van der Waals surface area (Å²) in [7, 11) is 0. The fourth-order valence-corrected chi connectivity index (χ4v) is 9.76. The zero-order valence-electron chi connectivity index (χ0n) is 52.4. The summed E-state index contributed by atoms with van der Waals surface area (Å²) in [6.45, 7) is 6.53. The third-order valence-corrected chi connectivity index (χ3v) is 14.9. The standard InChI is InChI=1S/C73H128O6/c1-4-7-10-13-16-19-22-25-28-30-32-34-35-36-37-39-40-42-45-48-51-54-57-60-63-66-72(75)78-69-70(68-77-71(74)65-62-59-56-53-50-47-44-27-24-21-18-15-12-9-6-3)79-73(76)67-64-61-58-55-52-49-46-43-41-38-33-31-29-26-23-20-17-14-11-8-5-2/h9,12,18,21-23,25-27,30-33,44,70H,4-8,10-11,13-17,19-20,24,28-29,34-43,45-69H2,1-3H3/b12-9-,21-18-,25-22-,26-23-,32-30-,33-31-,44-27-. The van der Waals surface area contributed by atoms with Crippen molar-refractivity contribution in [2.75, 3.05) is 13.2 Å². The molecule has 0 saturated carbocycles. The number of carbonyl (C=O) groups excluding carboxylic acids is 3. The lowest BCUT2D eigenvalue weighted by Gasteiger charge is -2.18. The zero-order chi connectivity index (χ0) is 57.1. The van der Waals surface area contributed by atoms with Crippen molar-refractivity contribution in [3.05, 3.63) is 85.1 Å². The molecular formula is C73H128O6. The number of esters is 3. The van der Waals surface area contributed by atoms with E-state index in [0.717, 1.165) is 109 Å². The Labute approximate surface area is 490 Å². The van der Waals surface area contributed by atoms with E-state index in [4.69, 9.17) is 14.2 Å². The lowest BCUT2D eigenvalue weighted by atomic mass is 10.0. The predicted octanol–water partition coefficient (Wildman–Crippen LogP) is 23.4. The molecule has 0 bridgehead atoms. The van der Waals surface area contributed by atoms with Crippen LogP contribution in [0.25, 0.3) is 0 Å². The van der Waals surface area contributed by atoms with Crippen molar-refractivity contribution >= 4 is 17.9 Å². The van der Waals surface area contributed by atoms with E-state index in [9.17, 15) is 14.4 Å². The van der Waals surface area contributed by atoms with Crippen molar-refractivity contribution in [1.82, 2.24) is 0 Å². The molecule has 0 amide bonds. The second-order valence-corrected chi connectivity index (χ2v) is 22.7. The van der Waals surface area contributed by atoms with E-state index in [1.54, 1.807) is 0 Å². The minimum absolute atomic E-state index is 0.0827. The van der Waals surface area contributed by atoms with Crippen LogP contribution >= 0.6 is 0 Å². The van der Waals surface area contributed by atoms with Gasteiger partial charge in [0.05, 0.1) is 0 Å². The maximum Gasteiger partial charge on any atom is 0.306 e. The smallest absolute Gasteiger partial charge is 0.306 e. The van der Waals surface area contributed by atoms with Crippen molar-refractivity contribution in [2.24, 2.45) is 0 Å². The van der Waals surface area contributed by atoms with E-state index in [1.807, 2.05) is 0 Å². The van der Waals surface area contributed by atoms with E-state index >= 15 is 0 Å². The number of hydrogen-bond acceptors (Lipinski definition) is 6. The predicted molar refractivity (Wildman–Crippen MR) is 344 cm³/mol. The normalized spacial score (nSPS) is 12.6. The summed E-state index contributed by atoms with van der Waals surface area (Å²) in [5.41, 5.74) is 0. The van der Waals surface area contributed by atoms with Crippen LogP contribution in [0.5, 0.6) is 0 Å². The molecule has 0 aliphatic carbocycles. The van der Waals surface area contributed by atoms with Crippen LogP contribution in [-0.4, -0.2) is 37.2 Å². The van der Waals surface area contributed by atoms with Crippen LogP contribution in [0, 0.1) is 0 Å². The topological polar surface area (TPSA) is 78.9 Å². The highest BCUT2D eigenvalue weighted by atomic mass is 16.6. The molecule has 0 fully saturated rings. The summed E-state index contributed by atoms with van der Waals surface area (Å²) in [6.07, 6.45) is 88.8. The number of unbranched alkanes of at least 4 members (excludes halogenated alkanes) is 37. The average Bonchev–Trinajstić information content (AvgIpc) is 3.45. The van der Waals surface area contributed by atoms with Crippen LogP contribution in [0.3, 0.4) is 0 Å². The molecule has 6 nitrogen and oxygen atoms in total. The highest BCUT2D eigenvalue weighted by Crippen LogP contribution is 2.17. The van der Waals surface area contributed by atoms with Gasteiger partial charge in [0.2, 0.25) is 0 Å². The van der Waals surface area contributed by atoms with Gasteiger partial charge in [-0.05, 0) is 116 Å². The van der Waals surface area contributed by atoms with Gasteiger partial charge < -0.3 is 14.2 Å². The van der Waals surface area contributed by atoms with Gasteiger partial charge in [-0.2, -0.15) is 0 Å². The first-order valence-electron chi connectivity index (χ1n) is 34.1. The van der Waals surface area contributed by atoms with Gasteiger partial charge in [0.1, 0.15) is 13.2 Å². The Morgan fingerprint density at radius 3 is 0.772 bits per heavy atom. The maximum absolute atomic E-state index is 12.9. The van der Waals surface area contributed by atoms with Crippen LogP contribution < -0.4 is 0 Å². The van der Waals surface area contributed by atoms with E-state index < -0.39 is 6.10 Å². The monoisotopic (exact) mass is 1100 g/mol. The van der Waals surface area contributed by atoms with Gasteiger partial charge in [0.15, 0.2) is 6.10 Å². The van der Waals surface area contributed by atoms with Gasteiger partial charge >= 0.3 is 17.9 Å². The van der Waals surface area contributed by atoms with Crippen LogP contribution in [0.2, 0.25) is 0 Å². The second kappa shape index (κ2) is 67.1. The highest BCUT2D eigenvalue weighted by molar-refractivity contribution is 5.71. The SMILES string of the molecule is CC/C=C\C/C=C\C/C=C\CCCCCCCC(=O)OCC(COC(=O)CCCCCCCCCCCCCCC/C=C\C/C=C\CCCCCCC)OC(=O)CCCCCCCCCCC/C=C\C/C=C\CCCCCCC. The Hall–Kier alpha value is -3.41. The van der Waals surface area contributed by atoms with E-state index in [0.29, 0.717) is 19.3 Å². The largest absolute Gasteiger partial charge is 0.462 e. The quantitative estimate of drug-likeness (QED) is 0.0261. The molecule has 79 heavy (non-hydrogen) atoms. The number of allylic oxidation sites excluding steroid dienone is 14. The van der Waals surface area contributed by atoms with Crippen LogP contribution in [0.4, 0.5) is 0 Å². The number of hydrogen-bond donors (Lipinski definition) is 0. The Morgan fingerprint density at radius 2 is 0.494 bits per heavy atom. The maximum atomic E-state index is 12.9. The molecule has 1 unspecified atom stereocenters. The Balaban J connectivity index is 4.33. The van der Waals surface area contributed by atoms with Gasteiger partial charge in [-0.15, -0.1) is 0 Å². The molecule has 456 valence electrons. The summed E-state index contributed by atoms with van der Waals surface area (Å²) < 4.78 is 17.0. The van der Waals surface area contributed by atoms with Gasteiger partial charge in [-0.1, -0.05) is 292 Å². The van der Waals surface area contributed by atoms with Gasteiger partial charge in [-0.25, -0.2) is 0 Å². The molecule has 0 radical (unpaired) electrons. The molecule has 0 aromatic rings.